The van der Waals surface area contributed by atoms with Crippen molar-refractivity contribution in [3.05, 3.63) is 103 Å². The molecule has 0 amide bonds. The third-order valence-corrected chi connectivity index (χ3v) is 8.30. The van der Waals surface area contributed by atoms with E-state index in [1.54, 1.807) is 0 Å². The lowest BCUT2D eigenvalue weighted by Gasteiger charge is -2.19. The van der Waals surface area contributed by atoms with E-state index in [-0.39, 0.29) is 5.41 Å². The van der Waals surface area contributed by atoms with Gasteiger partial charge in [-0.1, -0.05) is 87.5 Å². The van der Waals surface area contributed by atoms with E-state index in [0.29, 0.717) is 0 Å². The maximum Gasteiger partial charge on any atom is 0.0726 e. The van der Waals surface area contributed by atoms with E-state index in [9.17, 15) is 0 Å². The van der Waals surface area contributed by atoms with E-state index in [0.717, 1.165) is 0 Å². The molecule has 164 valence electrons. The minimum atomic E-state index is 0.0902. The molecule has 0 spiro atoms. The summed E-state index contributed by atoms with van der Waals surface area (Å²) in [5.41, 5.74) is 5.26. The number of aromatic nitrogens is 1. The van der Waals surface area contributed by atoms with Gasteiger partial charge in [-0.05, 0) is 52.1 Å². The number of fused-ring (bicyclic) bond motifs is 10. The van der Waals surface area contributed by atoms with E-state index < -0.39 is 0 Å². The summed E-state index contributed by atoms with van der Waals surface area (Å²) in [6, 6.07) is 35.7. The molecule has 0 saturated carbocycles. The Hall–Kier alpha value is -3.62. The molecule has 0 atom stereocenters. The lowest BCUT2D eigenvalue weighted by molar-refractivity contribution is 0.591. The van der Waals surface area contributed by atoms with Crippen molar-refractivity contribution in [1.29, 1.82) is 0 Å². The summed E-state index contributed by atoms with van der Waals surface area (Å²) in [5, 5.41) is 8.09. The van der Waals surface area contributed by atoms with Gasteiger partial charge in [0.05, 0.1) is 15.7 Å². The number of thiophene rings is 1. The van der Waals surface area contributed by atoms with Crippen LogP contribution in [-0.4, -0.2) is 4.57 Å². The second-order valence-electron chi connectivity index (χ2n) is 10.2. The predicted molar refractivity (Wildman–Crippen MR) is 150 cm³/mol. The molecular weight excluding hydrogens is 430 g/mol. The van der Waals surface area contributed by atoms with Crippen LogP contribution < -0.4 is 0 Å². The summed E-state index contributed by atoms with van der Waals surface area (Å²) in [5.74, 6) is 0. The maximum atomic E-state index is 2.49. The van der Waals surface area contributed by atoms with Gasteiger partial charge >= 0.3 is 0 Å². The number of rotatable bonds is 1. The number of benzene rings is 5. The normalized spacial score (nSPS) is 12.6. The minimum Gasteiger partial charge on any atom is -0.308 e. The van der Waals surface area contributed by atoms with Gasteiger partial charge in [0, 0.05) is 31.9 Å². The lowest BCUT2D eigenvalue weighted by Crippen LogP contribution is -2.10. The second kappa shape index (κ2) is 6.94. The van der Waals surface area contributed by atoms with Gasteiger partial charge in [-0.15, -0.1) is 11.3 Å². The highest BCUT2D eigenvalue weighted by Crippen LogP contribution is 2.48. The molecule has 2 heteroatoms. The molecule has 0 unspecified atom stereocenters. The van der Waals surface area contributed by atoms with E-state index in [4.69, 9.17) is 0 Å². The highest BCUT2D eigenvalue weighted by atomic mass is 32.1. The average Bonchev–Trinajstić information content (AvgIpc) is 3.40. The first-order chi connectivity index (χ1) is 16.5. The Labute approximate surface area is 202 Å². The van der Waals surface area contributed by atoms with Crippen molar-refractivity contribution in [1.82, 2.24) is 4.57 Å². The van der Waals surface area contributed by atoms with Crippen molar-refractivity contribution < 1.29 is 0 Å². The first kappa shape index (κ1) is 19.8. The summed E-state index contributed by atoms with van der Waals surface area (Å²) in [6.07, 6.45) is 0. The molecular formula is C32H25NS. The first-order valence-electron chi connectivity index (χ1n) is 11.9. The van der Waals surface area contributed by atoms with Crippen molar-refractivity contribution in [2.75, 3.05) is 0 Å². The molecule has 0 radical (unpaired) electrons. The standard InChI is InChI=1S/C32H25NS/c1-32(2,3)20-17-18-26-25(19-20)28-22-13-7-8-14-23(22)29-24-15-9-10-16-27(24)34-31(29)30(28)33(26)21-11-5-4-6-12-21/h4-19H,1-3H3. The van der Waals surface area contributed by atoms with Gasteiger partial charge in [0.1, 0.15) is 0 Å². The van der Waals surface area contributed by atoms with Gasteiger partial charge in [0.25, 0.3) is 0 Å². The molecule has 7 rings (SSSR count). The van der Waals surface area contributed by atoms with Gasteiger partial charge < -0.3 is 4.57 Å². The van der Waals surface area contributed by atoms with Gasteiger partial charge in [0.15, 0.2) is 0 Å². The monoisotopic (exact) mass is 455 g/mol. The Kier molecular flexibility index (Phi) is 4.05. The number of hydrogen-bond acceptors (Lipinski definition) is 1. The van der Waals surface area contributed by atoms with Crippen molar-refractivity contribution in [2.45, 2.75) is 26.2 Å². The Balaban J connectivity index is 1.83. The predicted octanol–water partition coefficient (Wildman–Crippen LogP) is 9.60. The van der Waals surface area contributed by atoms with Crippen LogP contribution in [0, 0.1) is 0 Å². The van der Waals surface area contributed by atoms with Crippen LogP contribution in [0.4, 0.5) is 0 Å². The largest absolute Gasteiger partial charge is 0.308 e. The molecule has 0 aliphatic heterocycles. The topological polar surface area (TPSA) is 4.93 Å². The molecule has 5 aromatic carbocycles. The molecule has 2 aromatic heterocycles. The highest BCUT2D eigenvalue weighted by Gasteiger charge is 2.23. The van der Waals surface area contributed by atoms with Crippen LogP contribution in [0.15, 0.2) is 97.1 Å². The number of para-hydroxylation sites is 1. The fourth-order valence-electron chi connectivity index (χ4n) is 5.49. The summed E-state index contributed by atoms with van der Waals surface area (Å²) >= 11 is 1.92. The third-order valence-electron chi connectivity index (χ3n) is 7.12. The lowest BCUT2D eigenvalue weighted by atomic mass is 9.86. The van der Waals surface area contributed by atoms with E-state index >= 15 is 0 Å². The molecule has 0 aliphatic carbocycles. The van der Waals surface area contributed by atoms with Crippen LogP contribution in [0.5, 0.6) is 0 Å². The van der Waals surface area contributed by atoms with Crippen LogP contribution >= 0.6 is 11.3 Å². The zero-order valence-corrected chi connectivity index (χ0v) is 20.4. The zero-order valence-electron chi connectivity index (χ0n) is 19.6. The second-order valence-corrected chi connectivity index (χ2v) is 11.3. The van der Waals surface area contributed by atoms with Crippen LogP contribution in [0.25, 0.3) is 58.4 Å². The van der Waals surface area contributed by atoms with Crippen LogP contribution in [0.3, 0.4) is 0 Å². The van der Waals surface area contributed by atoms with Gasteiger partial charge in [0.2, 0.25) is 0 Å². The van der Waals surface area contributed by atoms with Crippen molar-refractivity contribution in [2.24, 2.45) is 0 Å². The third kappa shape index (κ3) is 2.66. The van der Waals surface area contributed by atoms with E-state index in [2.05, 4.69) is 122 Å². The van der Waals surface area contributed by atoms with Gasteiger partial charge in [-0.2, -0.15) is 0 Å². The molecule has 0 N–H and O–H groups in total. The average molecular weight is 456 g/mol. The fourth-order valence-corrected chi connectivity index (χ4v) is 6.75. The quantitative estimate of drug-likeness (QED) is 0.232. The summed E-state index contributed by atoms with van der Waals surface area (Å²) in [7, 11) is 0. The number of hydrogen-bond donors (Lipinski definition) is 0. The SMILES string of the molecule is CC(C)(C)c1ccc2c(c1)c1c3ccccc3c3c4ccccc4sc3c1n2-c1ccccc1. The van der Waals surface area contributed by atoms with Crippen LogP contribution in [0.1, 0.15) is 26.3 Å². The summed E-state index contributed by atoms with van der Waals surface area (Å²) < 4.78 is 5.20. The molecule has 0 saturated heterocycles. The molecule has 0 aliphatic rings. The zero-order chi connectivity index (χ0) is 23.0. The van der Waals surface area contributed by atoms with Crippen molar-refractivity contribution in [3.63, 3.8) is 0 Å². The van der Waals surface area contributed by atoms with Crippen molar-refractivity contribution >= 4 is 64.1 Å². The van der Waals surface area contributed by atoms with Crippen LogP contribution in [-0.2, 0) is 5.41 Å². The molecule has 1 nitrogen and oxygen atoms in total. The smallest absolute Gasteiger partial charge is 0.0726 e. The molecule has 34 heavy (non-hydrogen) atoms. The molecule has 0 fully saturated rings. The van der Waals surface area contributed by atoms with E-state index in [1.807, 2.05) is 11.3 Å². The Morgan fingerprint density at radius 2 is 1.26 bits per heavy atom. The van der Waals surface area contributed by atoms with Gasteiger partial charge in [-0.3, -0.25) is 0 Å². The maximum absolute atomic E-state index is 2.49. The summed E-state index contributed by atoms with van der Waals surface area (Å²) in [6.45, 7) is 6.90. The molecule has 2 heterocycles. The Morgan fingerprint density at radius 3 is 2.00 bits per heavy atom. The van der Waals surface area contributed by atoms with Gasteiger partial charge in [-0.25, -0.2) is 0 Å². The Morgan fingerprint density at radius 1 is 0.618 bits per heavy atom. The molecule has 0 bridgehead atoms. The van der Waals surface area contributed by atoms with E-state index in [1.165, 1.54) is 64.0 Å². The summed E-state index contributed by atoms with van der Waals surface area (Å²) in [4.78, 5) is 0. The fraction of sp³-hybridized carbons (Fsp3) is 0.125. The first-order valence-corrected chi connectivity index (χ1v) is 12.7. The number of nitrogens with zero attached hydrogens (tertiary/aromatic N) is 1. The minimum absolute atomic E-state index is 0.0902. The Bertz CT molecular complexity index is 1880. The highest BCUT2D eigenvalue weighted by molar-refractivity contribution is 7.27. The van der Waals surface area contributed by atoms with Crippen molar-refractivity contribution in [3.8, 4) is 5.69 Å². The van der Waals surface area contributed by atoms with Crippen LogP contribution in [0.2, 0.25) is 0 Å². The molecule has 7 aromatic rings.